The highest BCUT2D eigenvalue weighted by molar-refractivity contribution is 7.90. The summed E-state index contributed by atoms with van der Waals surface area (Å²) in [4.78, 5) is 19.4. The van der Waals surface area contributed by atoms with Crippen LogP contribution in [0.3, 0.4) is 0 Å². The lowest BCUT2D eigenvalue weighted by Crippen LogP contribution is -2.49. The summed E-state index contributed by atoms with van der Waals surface area (Å²) in [6, 6.07) is 0. The van der Waals surface area contributed by atoms with Crippen LogP contribution >= 0.6 is 0 Å². The van der Waals surface area contributed by atoms with Gasteiger partial charge < -0.3 is 4.74 Å². The second kappa shape index (κ2) is 5.43. The molecule has 0 N–H and O–H groups in total. The summed E-state index contributed by atoms with van der Waals surface area (Å²) in [6.45, 7) is 0. The van der Waals surface area contributed by atoms with Crippen molar-refractivity contribution in [3.63, 3.8) is 0 Å². The van der Waals surface area contributed by atoms with Crippen LogP contribution in [0.15, 0.2) is 5.16 Å². The third kappa shape index (κ3) is 2.62. The van der Waals surface area contributed by atoms with Crippen molar-refractivity contribution in [1.82, 2.24) is 9.97 Å². The Bertz CT molecular complexity index is 886. The van der Waals surface area contributed by atoms with Crippen molar-refractivity contribution in [2.24, 2.45) is 11.3 Å². The number of ether oxygens (including phenoxy) is 1. The highest BCUT2D eigenvalue weighted by atomic mass is 32.2. The van der Waals surface area contributed by atoms with E-state index >= 15 is 0 Å². The lowest BCUT2D eigenvalue weighted by molar-refractivity contribution is -0.159. The van der Waals surface area contributed by atoms with E-state index in [1.54, 1.807) is 0 Å². The van der Waals surface area contributed by atoms with E-state index in [0.29, 0.717) is 11.3 Å². The number of hydrogen-bond acceptors (Lipinski definition) is 6. The molecule has 1 heterocycles. The van der Waals surface area contributed by atoms with E-state index in [-0.39, 0.29) is 36.1 Å². The number of sulfone groups is 1. The van der Waals surface area contributed by atoms with Crippen LogP contribution in [0.2, 0.25) is 0 Å². The van der Waals surface area contributed by atoms with Crippen LogP contribution in [0.25, 0.3) is 0 Å². The van der Waals surface area contributed by atoms with E-state index in [1.807, 2.05) is 0 Å². The van der Waals surface area contributed by atoms with E-state index < -0.39 is 26.6 Å². The summed E-state index contributed by atoms with van der Waals surface area (Å²) in [7, 11) is -2.41. The molecule has 26 heavy (non-hydrogen) atoms. The quantitative estimate of drug-likeness (QED) is 0.586. The summed E-state index contributed by atoms with van der Waals surface area (Å²) in [5.41, 5.74) is 0.476. The minimum atomic E-state index is -3.78. The van der Waals surface area contributed by atoms with Gasteiger partial charge in [0, 0.05) is 24.2 Å². The summed E-state index contributed by atoms with van der Waals surface area (Å²) in [6.07, 6.45) is 3.67. The fourth-order valence-electron chi connectivity index (χ4n) is 4.76. The lowest BCUT2D eigenvalue weighted by atomic mass is 9.47. The van der Waals surface area contributed by atoms with Crippen molar-refractivity contribution in [3.8, 4) is 0 Å². The fourth-order valence-corrected chi connectivity index (χ4v) is 5.29. The van der Waals surface area contributed by atoms with Gasteiger partial charge in [0.25, 0.3) is 5.92 Å². The zero-order valence-corrected chi connectivity index (χ0v) is 15.4. The fraction of sp³-hybridized carbons (Fsp3) is 0.706. The van der Waals surface area contributed by atoms with Gasteiger partial charge in [0.2, 0.25) is 15.0 Å². The Morgan fingerprint density at radius 3 is 2.42 bits per heavy atom. The maximum absolute atomic E-state index is 14.1. The molecule has 0 aliphatic heterocycles. The molecule has 0 radical (unpaired) electrons. The van der Waals surface area contributed by atoms with Gasteiger partial charge >= 0.3 is 5.97 Å². The third-order valence-corrected chi connectivity index (χ3v) is 6.87. The molecular weight excluding hydrogens is 366 g/mol. The topological polar surface area (TPSA) is 86.2 Å². The normalized spacial score (nSPS) is 31.8. The summed E-state index contributed by atoms with van der Waals surface area (Å²) in [5.74, 6) is -3.46. The number of methoxy groups -OCH3 is 1. The molecule has 142 valence electrons. The van der Waals surface area contributed by atoms with Crippen molar-refractivity contribution in [2.75, 3.05) is 13.4 Å². The van der Waals surface area contributed by atoms with Gasteiger partial charge in [0.15, 0.2) is 0 Å². The number of hydrogen-bond donors (Lipinski definition) is 0. The molecule has 0 saturated heterocycles. The van der Waals surface area contributed by atoms with Crippen LogP contribution in [0.1, 0.15) is 55.0 Å². The van der Waals surface area contributed by atoms with Crippen molar-refractivity contribution in [2.45, 2.75) is 55.5 Å². The molecule has 2 saturated carbocycles. The first-order valence-electron chi connectivity index (χ1n) is 8.62. The molecule has 1 spiro atoms. The average molecular weight is 386 g/mol. The van der Waals surface area contributed by atoms with Crippen molar-refractivity contribution in [3.05, 3.63) is 17.0 Å². The minimum absolute atomic E-state index is 0.0354. The molecule has 4 rings (SSSR count). The van der Waals surface area contributed by atoms with Crippen LogP contribution in [-0.4, -0.2) is 37.7 Å². The Morgan fingerprint density at radius 2 is 1.85 bits per heavy atom. The monoisotopic (exact) mass is 386 g/mol. The molecule has 0 atom stereocenters. The second-order valence-corrected chi connectivity index (χ2v) is 9.84. The maximum Gasteiger partial charge on any atom is 0.308 e. The van der Waals surface area contributed by atoms with Crippen LogP contribution in [0, 0.1) is 11.3 Å². The van der Waals surface area contributed by atoms with Gasteiger partial charge in [-0.25, -0.2) is 18.4 Å². The minimum Gasteiger partial charge on any atom is -0.469 e. The van der Waals surface area contributed by atoms with Gasteiger partial charge in [-0.05, 0) is 37.5 Å². The summed E-state index contributed by atoms with van der Waals surface area (Å²) < 4.78 is 56.7. The highest BCUT2D eigenvalue weighted by Gasteiger charge is 2.57. The number of carbonyl (C=O) groups is 1. The van der Waals surface area contributed by atoms with E-state index in [2.05, 4.69) is 9.97 Å². The number of rotatable bonds is 3. The van der Waals surface area contributed by atoms with Crippen molar-refractivity contribution < 1.29 is 26.7 Å². The molecule has 0 bridgehead atoms. The number of esters is 1. The first-order valence-corrected chi connectivity index (χ1v) is 10.5. The summed E-state index contributed by atoms with van der Waals surface area (Å²) in [5, 5.41) is -0.519. The first-order chi connectivity index (χ1) is 12.0. The first kappa shape index (κ1) is 17.8. The second-order valence-electron chi connectivity index (χ2n) is 7.93. The Morgan fingerprint density at radius 1 is 1.19 bits per heavy atom. The third-order valence-electron chi connectivity index (χ3n) is 6.02. The molecule has 0 aromatic carbocycles. The lowest BCUT2D eigenvalue weighted by Gasteiger charge is -2.57. The SMILES string of the molecule is COC(=O)C1CC2(C1)CC(c1nc(S(C)(=O)=O)nc3c1CCC3(F)F)C2. The molecule has 1 aromatic heterocycles. The summed E-state index contributed by atoms with van der Waals surface area (Å²) >= 11 is 0. The van der Waals surface area contributed by atoms with E-state index in [0.717, 1.165) is 31.9 Å². The Balaban J connectivity index is 1.61. The van der Waals surface area contributed by atoms with Gasteiger partial charge in [0.05, 0.1) is 18.7 Å². The molecule has 1 aromatic rings. The van der Waals surface area contributed by atoms with Crippen LogP contribution in [0.5, 0.6) is 0 Å². The van der Waals surface area contributed by atoms with Crippen molar-refractivity contribution >= 4 is 15.8 Å². The molecular formula is C17H20F2N2O4S. The van der Waals surface area contributed by atoms with Crippen LogP contribution in [0.4, 0.5) is 8.78 Å². The standard InChI is InChI=1S/C17H20F2N2O4S/c1-25-14(22)10-7-16(8-10)5-9(6-16)12-11-3-4-17(18,19)13(11)21-15(20-12)26(2,23)24/h9-10H,3-8H2,1-2H3. The smallest absolute Gasteiger partial charge is 0.308 e. The van der Waals surface area contributed by atoms with Gasteiger partial charge in [0.1, 0.15) is 5.69 Å². The molecule has 3 aliphatic carbocycles. The zero-order chi connectivity index (χ0) is 18.9. The predicted octanol–water partition coefficient (Wildman–Crippen LogP) is 2.36. The van der Waals surface area contributed by atoms with Gasteiger partial charge in [-0.2, -0.15) is 8.78 Å². The largest absolute Gasteiger partial charge is 0.469 e. The van der Waals surface area contributed by atoms with Gasteiger partial charge in [-0.15, -0.1) is 0 Å². The van der Waals surface area contributed by atoms with Gasteiger partial charge in [-0.1, -0.05) is 0 Å². The molecule has 9 heteroatoms. The molecule has 6 nitrogen and oxygen atoms in total. The number of nitrogens with zero attached hydrogens (tertiary/aromatic N) is 2. The van der Waals surface area contributed by atoms with Crippen LogP contribution in [-0.2, 0) is 31.7 Å². The van der Waals surface area contributed by atoms with Crippen molar-refractivity contribution in [1.29, 1.82) is 0 Å². The maximum atomic E-state index is 14.1. The number of aromatic nitrogens is 2. The average Bonchev–Trinajstić information content (AvgIpc) is 2.78. The Hall–Kier alpha value is -1.64. The number of halogens is 2. The van der Waals surface area contributed by atoms with E-state index in [4.69, 9.17) is 4.74 Å². The Kier molecular flexibility index (Phi) is 3.71. The molecule has 0 amide bonds. The number of carbonyl (C=O) groups excluding carboxylic acids is 1. The Labute approximate surface area is 150 Å². The zero-order valence-electron chi connectivity index (χ0n) is 14.6. The molecule has 0 unspecified atom stereocenters. The highest BCUT2D eigenvalue weighted by Crippen LogP contribution is 2.64. The van der Waals surface area contributed by atoms with Crippen LogP contribution < -0.4 is 0 Å². The molecule has 3 aliphatic rings. The van der Waals surface area contributed by atoms with E-state index in [9.17, 15) is 22.0 Å². The number of fused-ring (bicyclic) bond motifs is 1. The number of alkyl halides is 2. The molecule has 2 fully saturated rings. The van der Waals surface area contributed by atoms with E-state index in [1.165, 1.54) is 7.11 Å². The van der Waals surface area contributed by atoms with Gasteiger partial charge in [-0.3, -0.25) is 4.79 Å². The predicted molar refractivity (Wildman–Crippen MR) is 86.5 cm³/mol.